The van der Waals surface area contributed by atoms with E-state index in [9.17, 15) is 35.7 Å². The van der Waals surface area contributed by atoms with Crippen molar-refractivity contribution in [3.8, 4) is 0 Å². The molecule has 11 heteroatoms. The average molecular weight is 341 g/mol. The highest BCUT2D eigenvalue weighted by Gasteiger charge is 2.69. The predicted molar refractivity (Wildman–Crippen MR) is 70.7 cm³/mol. The van der Waals surface area contributed by atoms with Crippen LogP contribution in [0, 0.1) is 0 Å². The second kappa shape index (κ2) is 6.46. The zero-order chi connectivity index (χ0) is 17.6. The van der Waals surface area contributed by atoms with Crippen molar-refractivity contribution in [2.24, 2.45) is 5.73 Å². The van der Waals surface area contributed by atoms with Gasteiger partial charge in [0.05, 0.1) is 19.8 Å². The molecule has 2 saturated heterocycles. The molecule has 0 saturated carbocycles. The summed E-state index contributed by atoms with van der Waals surface area (Å²) in [5.41, 5.74) is -0.102. The van der Waals surface area contributed by atoms with Crippen molar-refractivity contribution in [3.05, 3.63) is 0 Å². The van der Waals surface area contributed by atoms with Gasteiger partial charge in [-0.2, -0.15) is 0 Å². The summed E-state index contributed by atoms with van der Waals surface area (Å²) < 4.78 is 10.0. The third-order valence-corrected chi connectivity index (χ3v) is 4.67. The molecule has 2 aliphatic rings. The molecule has 10 N–H and O–H groups in total. The van der Waals surface area contributed by atoms with Gasteiger partial charge in [0.15, 0.2) is 11.2 Å². The van der Waals surface area contributed by atoms with Gasteiger partial charge in [-0.25, -0.2) is 0 Å². The Labute approximate surface area is 131 Å². The number of rotatable bonds is 3. The first-order valence-corrected chi connectivity index (χ1v) is 7.06. The Kier molecular flexibility index (Phi) is 5.31. The number of aliphatic hydroxyl groups is 8. The molecule has 2 rings (SSSR count). The van der Waals surface area contributed by atoms with Gasteiger partial charge < -0.3 is 56.1 Å². The summed E-state index contributed by atoms with van der Waals surface area (Å²) in [7, 11) is 0. The minimum absolute atomic E-state index is 0.664. The molecule has 2 aliphatic heterocycles. The maximum absolute atomic E-state index is 10.8. The van der Waals surface area contributed by atoms with Gasteiger partial charge in [-0.3, -0.25) is 0 Å². The van der Waals surface area contributed by atoms with Crippen LogP contribution in [0.5, 0.6) is 0 Å². The second-order valence-corrected chi connectivity index (χ2v) is 5.92. The summed E-state index contributed by atoms with van der Waals surface area (Å²) in [5, 5.41) is 80.0. The fourth-order valence-corrected chi connectivity index (χ4v) is 3.14. The van der Waals surface area contributed by atoms with Gasteiger partial charge in [-0.15, -0.1) is 0 Å². The van der Waals surface area contributed by atoms with E-state index < -0.39 is 73.9 Å². The lowest BCUT2D eigenvalue weighted by molar-refractivity contribution is -0.368. The molecular weight excluding hydrogens is 318 g/mol. The lowest BCUT2D eigenvalue weighted by atomic mass is 9.66. The molecule has 0 aromatic heterocycles. The van der Waals surface area contributed by atoms with E-state index in [-0.39, 0.29) is 0 Å². The third-order valence-electron chi connectivity index (χ3n) is 4.67. The van der Waals surface area contributed by atoms with Crippen molar-refractivity contribution in [1.82, 2.24) is 0 Å². The summed E-state index contributed by atoms with van der Waals surface area (Å²) >= 11 is 0. The molecule has 0 spiro atoms. The second-order valence-electron chi connectivity index (χ2n) is 5.92. The smallest absolute Gasteiger partial charge is 0.155 e. The van der Waals surface area contributed by atoms with E-state index in [0.717, 1.165) is 0 Å². The van der Waals surface area contributed by atoms with Crippen LogP contribution in [-0.4, -0.2) is 115 Å². The number of hydrogen-bond acceptors (Lipinski definition) is 11. The van der Waals surface area contributed by atoms with E-state index in [1.807, 2.05) is 0 Å². The molecule has 11 nitrogen and oxygen atoms in total. The van der Waals surface area contributed by atoms with Crippen LogP contribution >= 0.6 is 0 Å². The van der Waals surface area contributed by atoms with Crippen molar-refractivity contribution in [2.45, 2.75) is 54.1 Å². The van der Waals surface area contributed by atoms with Gasteiger partial charge in [-0.1, -0.05) is 0 Å². The Hall–Kier alpha value is -0.440. The summed E-state index contributed by atoms with van der Waals surface area (Å²) in [6.07, 6.45) is -12.2. The largest absolute Gasteiger partial charge is 0.394 e. The van der Waals surface area contributed by atoms with Crippen LogP contribution in [0.25, 0.3) is 0 Å². The number of nitrogens with two attached hydrogens (primary N) is 1. The van der Waals surface area contributed by atoms with E-state index in [1.165, 1.54) is 0 Å². The van der Waals surface area contributed by atoms with Crippen LogP contribution in [0.3, 0.4) is 0 Å². The first-order valence-electron chi connectivity index (χ1n) is 7.06. The molecule has 2 heterocycles. The Bertz CT molecular complexity index is 423. The Balaban J connectivity index is 2.42. The Morgan fingerprint density at radius 2 is 1.57 bits per heavy atom. The lowest BCUT2D eigenvalue weighted by Gasteiger charge is -2.57. The minimum Gasteiger partial charge on any atom is -0.394 e. The van der Waals surface area contributed by atoms with Gasteiger partial charge >= 0.3 is 0 Å². The molecule has 0 amide bonds. The molecule has 0 aromatic rings. The first kappa shape index (κ1) is 18.9. The number of aliphatic hydroxyl groups excluding tert-OH is 6. The van der Waals surface area contributed by atoms with E-state index in [2.05, 4.69) is 0 Å². The SMILES string of the molecule is N[C@@H]1O[C@H](CO)[C@](O)([C@@]2(O)CO[C@H](CO)[C@@H](O)[C@@H]2O)[C@H](O)[C@H]1O. The van der Waals surface area contributed by atoms with E-state index >= 15 is 0 Å². The van der Waals surface area contributed by atoms with Gasteiger partial charge in [0, 0.05) is 0 Å². The van der Waals surface area contributed by atoms with Crippen LogP contribution in [0.2, 0.25) is 0 Å². The quantitative estimate of drug-likeness (QED) is 0.236. The third kappa shape index (κ3) is 2.58. The van der Waals surface area contributed by atoms with Gasteiger partial charge in [0.25, 0.3) is 0 Å². The maximum atomic E-state index is 10.8. The van der Waals surface area contributed by atoms with Gasteiger partial charge in [0.2, 0.25) is 0 Å². The Morgan fingerprint density at radius 1 is 0.957 bits per heavy atom. The highest BCUT2D eigenvalue weighted by Crippen LogP contribution is 2.42. The van der Waals surface area contributed by atoms with Gasteiger partial charge in [-0.05, 0) is 0 Å². The van der Waals surface area contributed by atoms with Crippen molar-refractivity contribution < 1.29 is 50.3 Å². The fraction of sp³-hybridized carbons (Fsp3) is 1.00. The lowest BCUT2D eigenvalue weighted by Crippen LogP contribution is -2.83. The van der Waals surface area contributed by atoms with Crippen LogP contribution < -0.4 is 5.73 Å². The first-order chi connectivity index (χ1) is 10.6. The van der Waals surface area contributed by atoms with E-state index in [0.29, 0.717) is 0 Å². The monoisotopic (exact) mass is 341 g/mol. The fourth-order valence-electron chi connectivity index (χ4n) is 3.14. The molecule has 0 unspecified atom stereocenters. The van der Waals surface area contributed by atoms with Gasteiger partial charge in [0.1, 0.15) is 42.9 Å². The molecule has 23 heavy (non-hydrogen) atoms. The Morgan fingerprint density at radius 3 is 2.09 bits per heavy atom. The van der Waals surface area contributed by atoms with Crippen molar-refractivity contribution in [1.29, 1.82) is 0 Å². The van der Waals surface area contributed by atoms with Crippen LogP contribution in [0.4, 0.5) is 0 Å². The normalized spacial score (nSPS) is 54.9. The highest BCUT2D eigenvalue weighted by atomic mass is 16.6. The number of ether oxygens (including phenoxy) is 2. The summed E-state index contributed by atoms with van der Waals surface area (Å²) in [5.74, 6) is 0. The minimum atomic E-state index is -2.81. The molecule has 0 aromatic carbocycles. The molecule has 2 fully saturated rings. The zero-order valence-corrected chi connectivity index (χ0v) is 12.1. The predicted octanol–water partition coefficient (Wildman–Crippen LogP) is -6.04. The summed E-state index contributed by atoms with van der Waals surface area (Å²) in [6.45, 7) is -2.39. The molecular formula is C12H23NO10. The average Bonchev–Trinajstić information content (AvgIpc) is 2.54. The highest BCUT2D eigenvalue weighted by molar-refractivity contribution is 5.18. The topological polar surface area (TPSA) is 206 Å². The molecule has 136 valence electrons. The summed E-state index contributed by atoms with van der Waals surface area (Å²) in [6, 6.07) is 0. The summed E-state index contributed by atoms with van der Waals surface area (Å²) in [4.78, 5) is 0. The van der Waals surface area contributed by atoms with Crippen LogP contribution in [-0.2, 0) is 9.47 Å². The van der Waals surface area contributed by atoms with Crippen LogP contribution in [0.1, 0.15) is 0 Å². The molecule has 0 bridgehead atoms. The molecule has 9 atom stereocenters. The molecule has 0 radical (unpaired) electrons. The van der Waals surface area contributed by atoms with E-state index in [1.54, 1.807) is 0 Å². The standard InChI is InChI=1S/C12H23NO10/c13-10-7(17)9(19)12(21,5(2-15)23-10)11(20)3-22-4(1-14)6(16)8(11)18/h4-10,14-21H,1-3,13H2/t4-,5-,6-,7-,8+,9-,10-,11-,12-/m1/s1. The number of hydrogen-bond donors (Lipinski definition) is 9. The van der Waals surface area contributed by atoms with E-state index in [4.69, 9.17) is 20.3 Å². The van der Waals surface area contributed by atoms with Crippen LogP contribution in [0.15, 0.2) is 0 Å². The van der Waals surface area contributed by atoms with Crippen molar-refractivity contribution >= 4 is 0 Å². The maximum Gasteiger partial charge on any atom is 0.155 e. The van der Waals surface area contributed by atoms with Crippen molar-refractivity contribution in [2.75, 3.05) is 19.8 Å². The van der Waals surface area contributed by atoms with Crippen molar-refractivity contribution in [3.63, 3.8) is 0 Å². The zero-order valence-electron chi connectivity index (χ0n) is 12.1. The molecule has 0 aliphatic carbocycles.